The average molecular weight is 685 g/mol. The Bertz CT molecular complexity index is 864. The first kappa shape index (κ1) is 45.3. The molecule has 274 valence electrons. The Morgan fingerprint density at radius 1 is 0.596 bits per heavy atom. The number of ether oxygens (including phenoxy) is 2. The number of carbonyl (C=O) groups excluding carboxylic acids is 2. The molecule has 0 aliphatic rings. The molecule has 8 nitrogen and oxygen atoms in total. The van der Waals surface area contributed by atoms with Crippen LogP contribution in [0.5, 0.6) is 0 Å². The van der Waals surface area contributed by atoms with E-state index in [1.807, 2.05) is 6.08 Å². The molecule has 0 bridgehead atoms. The van der Waals surface area contributed by atoms with Gasteiger partial charge < -0.3 is 19.3 Å². The maximum absolute atomic E-state index is 12.3. The Balaban J connectivity index is 4.08. The summed E-state index contributed by atoms with van der Waals surface area (Å²) in [6.45, 7) is 3.55. The number of hydrogen-bond acceptors (Lipinski definition) is 6. The zero-order valence-corrected chi connectivity index (χ0v) is 30.8. The third-order valence-electron chi connectivity index (χ3n) is 7.98. The van der Waals surface area contributed by atoms with E-state index in [1.165, 1.54) is 109 Å². The van der Waals surface area contributed by atoms with Gasteiger partial charge in [0.25, 0.3) is 0 Å². The molecule has 0 aromatic heterocycles. The number of rotatable bonds is 34. The molecule has 0 aliphatic carbocycles. The van der Waals surface area contributed by atoms with Crippen molar-refractivity contribution in [2.75, 3.05) is 13.2 Å². The first-order valence-electron chi connectivity index (χ1n) is 18.8. The summed E-state index contributed by atoms with van der Waals surface area (Å²) in [7, 11) is -4.77. The molecule has 9 heteroatoms. The number of phosphoric ester groups is 1. The van der Waals surface area contributed by atoms with Crippen molar-refractivity contribution in [3.8, 4) is 0 Å². The maximum Gasteiger partial charge on any atom is 0.469 e. The molecule has 0 aliphatic heterocycles. The van der Waals surface area contributed by atoms with Crippen LogP contribution in [0.3, 0.4) is 0 Å². The van der Waals surface area contributed by atoms with Crippen LogP contribution in [0.25, 0.3) is 0 Å². The predicted molar refractivity (Wildman–Crippen MR) is 193 cm³/mol. The standard InChI is InChI=1S/C38H69O8P/c1-3-5-7-9-11-13-15-17-19-21-22-24-26-28-30-32-37(39)44-34-36(35-45-47(41,42)43)46-38(40)33-31-29-27-25-23-20-18-16-14-12-10-8-6-4-2/h16,18,26,28,30,32,36H,3-15,17,19-25,27,29,31,33-35H2,1-2H3,(H2,41,42,43)/b18-16+,28-26+,32-30+/t36-/m1/s1. The largest absolute Gasteiger partial charge is 0.469 e. The van der Waals surface area contributed by atoms with Crippen molar-refractivity contribution in [3.05, 3.63) is 36.5 Å². The van der Waals surface area contributed by atoms with Gasteiger partial charge in [-0.3, -0.25) is 9.32 Å². The Morgan fingerprint density at radius 3 is 1.53 bits per heavy atom. The molecule has 0 unspecified atom stereocenters. The van der Waals surface area contributed by atoms with Crippen LogP contribution in [0.15, 0.2) is 36.5 Å². The lowest BCUT2D eigenvalue weighted by atomic mass is 10.1. The fourth-order valence-corrected chi connectivity index (χ4v) is 5.52. The Kier molecular flexibility index (Phi) is 32.9. The van der Waals surface area contributed by atoms with Gasteiger partial charge in [-0.2, -0.15) is 0 Å². The summed E-state index contributed by atoms with van der Waals surface area (Å²) in [6.07, 6.45) is 39.2. The molecule has 0 rings (SSSR count). The van der Waals surface area contributed by atoms with Gasteiger partial charge >= 0.3 is 19.8 Å². The van der Waals surface area contributed by atoms with Crippen molar-refractivity contribution in [1.82, 2.24) is 0 Å². The topological polar surface area (TPSA) is 119 Å². The molecule has 2 N–H and O–H groups in total. The van der Waals surface area contributed by atoms with E-state index in [9.17, 15) is 14.2 Å². The molecule has 0 aromatic carbocycles. The fraction of sp³-hybridized carbons (Fsp3) is 0.789. The van der Waals surface area contributed by atoms with Gasteiger partial charge in [0.05, 0.1) is 6.61 Å². The molecule has 0 heterocycles. The number of allylic oxidation sites excluding steroid dienone is 5. The average Bonchev–Trinajstić information content (AvgIpc) is 3.03. The minimum atomic E-state index is -4.77. The van der Waals surface area contributed by atoms with Crippen molar-refractivity contribution in [2.24, 2.45) is 0 Å². The third-order valence-corrected chi connectivity index (χ3v) is 8.47. The third kappa shape index (κ3) is 36.9. The highest BCUT2D eigenvalue weighted by Gasteiger charge is 2.22. The predicted octanol–water partition coefficient (Wildman–Crippen LogP) is 11.0. The van der Waals surface area contributed by atoms with Gasteiger partial charge in [0.1, 0.15) is 6.61 Å². The molecule has 0 aromatic rings. The van der Waals surface area contributed by atoms with E-state index in [1.54, 1.807) is 12.2 Å². The van der Waals surface area contributed by atoms with Crippen molar-refractivity contribution in [3.63, 3.8) is 0 Å². The van der Waals surface area contributed by atoms with Crippen LogP contribution in [-0.4, -0.2) is 41.0 Å². The second-order valence-electron chi connectivity index (χ2n) is 12.6. The van der Waals surface area contributed by atoms with Crippen LogP contribution in [0.2, 0.25) is 0 Å². The number of unbranched alkanes of at least 4 members (excludes halogenated alkanes) is 21. The van der Waals surface area contributed by atoms with Crippen molar-refractivity contribution < 1.29 is 37.9 Å². The summed E-state index contributed by atoms with van der Waals surface area (Å²) < 4.78 is 26.1. The van der Waals surface area contributed by atoms with Crippen LogP contribution < -0.4 is 0 Å². The summed E-state index contributed by atoms with van der Waals surface area (Å²) in [4.78, 5) is 42.5. The van der Waals surface area contributed by atoms with E-state index < -0.39 is 32.5 Å². The zero-order valence-electron chi connectivity index (χ0n) is 29.9. The van der Waals surface area contributed by atoms with Crippen LogP contribution in [-0.2, 0) is 28.2 Å². The van der Waals surface area contributed by atoms with Crippen LogP contribution in [0.4, 0.5) is 0 Å². The SMILES string of the molecule is CCCCCCC/C=C/CCCCCCCC(=O)O[C@H](COC(=O)/C=C/C=C/CCCCCCCCCCCCC)COP(=O)(O)O. The van der Waals surface area contributed by atoms with Crippen LogP contribution in [0.1, 0.15) is 174 Å². The van der Waals surface area contributed by atoms with Gasteiger partial charge in [0.2, 0.25) is 0 Å². The second-order valence-corrected chi connectivity index (χ2v) is 13.9. The quantitative estimate of drug-likeness (QED) is 0.0172. The highest BCUT2D eigenvalue weighted by Crippen LogP contribution is 2.35. The molecule has 0 radical (unpaired) electrons. The Hall–Kier alpha value is -1.73. The van der Waals surface area contributed by atoms with E-state index >= 15 is 0 Å². The van der Waals surface area contributed by atoms with E-state index in [2.05, 4.69) is 30.5 Å². The molecule has 0 saturated carbocycles. The molecule has 47 heavy (non-hydrogen) atoms. The van der Waals surface area contributed by atoms with E-state index in [-0.39, 0.29) is 13.0 Å². The number of carbonyl (C=O) groups is 2. The van der Waals surface area contributed by atoms with Crippen molar-refractivity contribution in [2.45, 2.75) is 180 Å². The first-order chi connectivity index (χ1) is 22.8. The lowest BCUT2D eigenvalue weighted by Crippen LogP contribution is -2.29. The monoisotopic (exact) mass is 684 g/mol. The fourth-order valence-electron chi connectivity index (χ4n) is 5.16. The lowest BCUT2D eigenvalue weighted by molar-refractivity contribution is -0.159. The Morgan fingerprint density at radius 2 is 1.04 bits per heavy atom. The minimum Gasteiger partial charge on any atom is -0.458 e. The number of phosphoric acid groups is 1. The summed E-state index contributed by atoms with van der Waals surface area (Å²) in [6, 6.07) is 0. The number of hydrogen-bond donors (Lipinski definition) is 2. The van der Waals surface area contributed by atoms with Crippen LogP contribution >= 0.6 is 7.82 Å². The molecular weight excluding hydrogens is 615 g/mol. The zero-order chi connectivity index (χ0) is 34.7. The Labute approximate surface area is 287 Å². The normalized spacial score (nSPS) is 12.9. The molecule has 0 spiro atoms. The van der Waals surface area contributed by atoms with Crippen LogP contribution in [0, 0.1) is 0 Å². The van der Waals surface area contributed by atoms with E-state index in [4.69, 9.17) is 19.3 Å². The van der Waals surface area contributed by atoms with Crippen molar-refractivity contribution >= 4 is 19.8 Å². The van der Waals surface area contributed by atoms with Gasteiger partial charge in [-0.15, -0.1) is 0 Å². The molecule has 0 saturated heterocycles. The van der Waals surface area contributed by atoms with Gasteiger partial charge in [-0.1, -0.05) is 153 Å². The summed E-state index contributed by atoms with van der Waals surface area (Å²) in [5.74, 6) is -1.15. The summed E-state index contributed by atoms with van der Waals surface area (Å²) >= 11 is 0. The number of esters is 2. The summed E-state index contributed by atoms with van der Waals surface area (Å²) in [5.41, 5.74) is 0. The van der Waals surface area contributed by atoms with Gasteiger partial charge in [-0.25, -0.2) is 9.36 Å². The van der Waals surface area contributed by atoms with Gasteiger partial charge in [-0.05, 0) is 44.9 Å². The minimum absolute atomic E-state index is 0.183. The maximum atomic E-state index is 12.3. The molecule has 0 fully saturated rings. The van der Waals surface area contributed by atoms with Gasteiger partial charge in [0, 0.05) is 12.5 Å². The highest BCUT2D eigenvalue weighted by atomic mass is 31.2. The molecular formula is C38H69O8P. The van der Waals surface area contributed by atoms with E-state index in [0.29, 0.717) is 6.42 Å². The lowest BCUT2D eigenvalue weighted by Gasteiger charge is -2.18. The molecule has 1 atom stereocenters. The second kappa shape index (κ2) is 34.1. The first-order valence-corrected chi connectivity index (χ1v) is 20.4. The highest BCUT2D eigenvalue weighted by molar-refractivity contribution is 7.46. The smallest absolute Gasteiger partial charge is 0.458 e. The van der Waals surface area contributed by atoms with Crippen molar-refractivity contribution in [1.29, 1.82) is 0 Å². The molecule has 0 amide bonds. The van der Waals surface area contributed by atoms with Gasteiger partial charge in [0.15, 0.2) is 6.10 Å². The van der Waals surface area contributed by atoms with E-state index in [0.717, 1.165) is 44.9 Å². The summed E-state index contributed by atoms with van der Waals surface area (Å²) in [5, 5.41) is 0.